The predicted octanol–water partition coefficient (Wildman–Crippen LogP) is 2.44. The van der Waals surface area contributed by atoms with E-state index in [9.17, 15) is 9.59 Å². The van der Waals surface area contributed by atoms with E-state index in [4.69, 9.17) is 9.47 Å². The van der Waals surface area contributed by atoms with Crippen LogP contribution in [-0.2, 0) is 14.3 Å². The van der Waals surface area contributed by atoms with Gasteiger partial charge in [0.2, 0.25) is 0 Å². The molecule has 122 valence electrons. The van der Waals surface area contributed by atoms with Crippen molar-refractivity contribution in [3.63, 3.8) is 0 Å². The fraction of sp³-hybridized carbons (Fsp3) is 0.867. The summed E-state index contributed by atoms with van der Waals surface area (Å²) >= 11 is 0. The van der Waals surface area contributed by atoms with E-state index in [0.29, 0.717) is 32.8 Å². The minimum atomic E-state index is -0.291. The summed E-state index contributed by atoms with van der Waals surface area (Å²) in [5, 5.41) is 3.69. The van der Waals surface area contributed by atoms with Crippen LogP contribution >= 0.6 is 0 Å². The molecule has 1 aliphatic heterocycles. The summed E-state index contributed by atoms with van der Waals surface area (Å²) in [5.41, 5.74) is 0. The molecule has 1 fully saturated rings. The van der Waals surface area contributed by atoms with Crippen molar-refractivity contribution in [2.45, 2.75) is 46.5 Å². The minimum Gasteiger partial charge on any atom is -0.466 e. The monoisotopic (exact) mass is 300 g/mol. The molecule has 1 amide bonds. The van der Waals surface area contributed by atoms with Crippen LogP contribution in [0.2, 0.25) is 0 Å². The van der Waals surface area contributed by atoms with E-state index >= 15 is 0 Å². The Hall–Kier alpha value is -1.30. The summed E-state index contributed by atoms with van der Waals surface area (Å²) in [7, 11) is 0. The van der Waals surface area contributed by atoms with Crippen LogP contribution in [0.3, 0.4) is 0 Å². The lowest BCUT2D eigenvalue weighted by Gasteiger charge is -2.38. The Balaban J connectivity index is 2.53. The average Bonchev–Trinajstić information content (AvgIpc) is 2.49. The number of carbonyl (C=O) groups excluding carboxylic acids is 2. The quantitative estimate of drug-likeness (QED) is 0.676. The molecule has 0 saturated carbocycles. The predicted molar refractivity (Wildman–Crippen MR) is 79.6 cm³/mol. The second kappa shape index (κ2) is 9.60. The van der Waals surface area contributed by atoms with Gasteiger partial charge in [0.05, 0.1) is 19.1 Å². The van der Waals surface area contributed by atoms with Crippen molar-refractivity contribution in [1.82, 2.24) is 10.0 Å². The van der Waals surface area contributed by atoms with E-state index < -0.39 is 0 Å². The first kappa shape index (κ1) is 17.8. The lowest BCUT2D eigenvalue weighted by atomic mass is 9.98. The van der Waals surface area contributed by atoms with E-state index in [1.165, 1.54) is 0 Å². The Labute approximate surface area is 127 Å². The molecule has 1 saturated heterocycles. The topological polar surface area (TPSA) is 59.1 Å². The molecule has 6 nitrogen and oxygen atoms in total. The van der Waals surface area contributed by atoms with Gasteiger partial charge in [-0.25, -0.2) is 14.8 Å². The Kier molecular flexibility index (Phi) is 8.12. The number of esters is 1. The molecular formula is C15H28N2O4. The Morgan fingerprint density at radius 3 is 2.24 bits per heavy atom. The zero-order valence-electron chi connectivity index (χ0n) is 13.5. The zero-order chi connectivity index (χ0) is 15.7. The van der Waals surface area contributed by atoms with Crippen molar-refractivity contribution in [3.8, 4) is 0 Å². The van der Waals surface area contributed by atoms with Crippen LogP contribution in [0.4, 0.5) is 4.79 Å². The van der Waals surface area contributed by atoms with E-state index in [1.807, 2.05) is 18.9 Å². The maximum Gasteiger partial charge on any atom is 0.424 e. The van der Waals surface area contributed by atoms with Gasteiger partial charge in [0.15, 0.2) is 0 Å². The van der Waals surface area contributed by atoms with Crippen molar-refractivity contribution >= 4 is 12.1 Å². The average molecular weight is 300 g/mol. The molecule has 0 aromatic rings. The highest BCUT2D eigenvalue weighted by Gasteiger charge is 2.30. The summed E-state index contributed by atoms with van der Waals surface area (Å²) in [5.74, 6) is -0.162. The number of hydrazine groups is 1. The van der Waals surface area contributed by atoms with E-state index in [0.717, 1.165) is 25.7 Å². The highest BCUT2D eigenvalue weighted by atomic mass is 16.6. The number of rotatable bonds is 7. The Morgan fingerprint density at radius 1 is 1.10 bits per heavy atom. The first-order valence-electron chi connectivity index (χ1n) is 7.99. The molecule has 0 N–H and O–H groups in total. The number of ether oxygens (including phenoxy) is 2. The van der Waals surface area contributed by atoms with Gasteiger partial charge in [0.1, 0.15) is 0 Å². The van der Waals surface area contributed by atoms with Gasteiger partial charge in [-0.15, -0.1) is 0 Å². The van der Waals surface area contributed by atoms with Gasteiger partial charge in [0, 0.05) is 19.6 Å². The largest absolute Gasteiger partial charge is 0.466 e. The van der Waals surface area contributed by atoms with Crippen LogP contribution in [0.1, 0.15) is 46.5 Å². The number of hydrogen-bond acceptors (Lipinski definition) is 5. The van der Waals surface area contributed by atoms with Crippen LogP contribution in [0.5, 0.6) is 0 Å². The van der Waals surface area contributed by atoms with Crippen LogP contribution < -0.4 is 0 Å². The Morgan fingerprint density at radius 2 is 1.71 bits per heavy atom. The molecule has 0 aromatic heterocycles. The molecular weight excluding hydrogens is 272 g/mol. The van der Waals surface area contributed by atoms with Crippen LogP contribution in [0.25, 0.3) is 0 Å². The van der Waals surface area contributed by atoms with Gasteiger partial charge in [0.25, 0.3) is 0 Å². The second-order valence-electron chi connectivity index (χ2n) is 5.16. The highest BCUT2D eigenvalue weighted by molar-refractivity contribution is 5.72. The van der Waals surface area contributed by atoms with Crippen LogP contribution in [-0.4, -0.2) is 54.9 Å². The number of unbranched alkanes of at least 4 members (excludes halogenated alkanes) is 1. The van der Waals surface area contributed by atoms with Crippen molar-refractivity contribution < 1.29 is 19.1 Å². The summed E-state index contributed by atoms with van der Waals surface area (Å²) in [6.45, 7) is 8.56. The zero-order valence-corrected chi connectivity index (χ0v) is 13.5. The molecule has 0 radical (unpaired) electrons. The molecule has 0 spiro atoms. The normalized spacial score (nSPS) is 16.5. The van der Waals surface area contributed by atoms with Crippen molar-refractivity contribution in [3.05, 3.63) is 0 Å². The third-order valence-corrected chi connectivity index (χ3v) is 3.63. The second-order valence-corrected chi connectivity index (χ2v) is 5.16. The SMILES string of the molecule is CCCCN(C(=O)OCC)N1CCC(C(=O)OCC)CC1. The van der Waals surface area contributed by atoms with E-state index in [-0.39, 0.29) is 18.0 Å². The van der Waals surface area contributed by atoms with Gasteiger partial charge >= 0.3 is 12.1 Å². The molecule has 0 unspecified atom stereocenters. The molecule has 1 heterocycles. The fourth-order valence-electron chi connectivity index (χ4n) is 2.46. The van der Waals surface area contributed by atoms with Gasteiger partial charge in [-0.1, -0.05) is 13.3 Å². The smallest absolute Gasteiger partial charge is 0.424 e. The lowest BCUT2D eigenvalue weighted by molar-refractivity contribution is -0.151. The van der Waals surface area contributed by atoms with Gasteiger partial charge < -0.3 is 9.47 Å². The van der Waals surface area contributed by atoms with E-state index in [2.05, 4.69) is 6.92 Å². The summed E-state index contributed by atoms with van der Waals surface area (Å²) in [6, 6.07) is 0. The summed E-state index contributed by atoms with van der Waals surface area (Å²) in [4.78, 5) is 23.8. The summed E-state index contributed by atoms with van der Waals surface area (Å²) < 4.78 is 10.2. The molecule has 1 rings (SSSR count). The number of amides is 1. The number of carbonyl (C=O) groups is 2. The van der Waals surface area contributed by atoms with Crippen molar-refractivity contribution in [1.29, 1.82) is 0 Å². The van der Waals surface area contributed by atoms with Crippen LogP contribution in [0, 0.1) is 5.92 Å². The molecule has 0 aromatic carbocycles. The van der Waals surface area contributed by atoms with Gasteiger partial charge in [-0.2, -0.15) is 0 Å². The maximum absolute atomic E-state index is 12.0. The molecule has 0 aliphatic carbocycles. The lowest BCUT2D eigenvalue weighted by Crippen LogP contribution is -2.51. The molecule has 21 heavy (non-hydrogen) atoms. The molecule has 1 aliphatic rings. The first-order valence-corrected chi connectivity index (χ1v) is 7.99. The van der Waals surface area contributed by atoms with E-state index in [1.54, 1.807) is 5.01 Å². The van der Waals surface area contributed by atoms with Crippen molar-refractivity contribution in [2.24, 2.45) is 5.92 Å². The number of piperidine rings is 1. The minimum absolute atomic E-state index is 0.0450. The van der Waals surface area contributed by atoms with Crippen LogP contribution in [0.15, 0.2) is 0 Å². The highest BCUT2D eigenvalue weighted by Crippen LogP contribution is 2.20. The maximum atomic E-state index is 12.0. The van der Waals surface area contributed by atoms with Crippen molar-refractivity contribution in [2.75, 3.05) is 32.8 Å². The first-order chi connectivity index (χ1) is 10.1. The third kappa shape index (κ3) is 5.53. The van der Waals surface area contributed by atoms with Gasteiger partial charge in [-0.05, 0) is 33.1 Å². The molecule has 0 bridgehead atoms. The fourth-order valence-corrected chi connectivity index (χ4v) is 2.46. The number of nitrogens with zero attached hydrogens (tertiary/aromatic N) is 2. The summed E-state index contributed by atoms with van der Waals surface area (Å²) in [6.07, 6.45) is 3.12. The Bertz CT molecular complexity index is 328. The molecule has 6 heteroatoms. The van der Waals surface area contributed by atoms with Gasteiger partial charge in [-0.3, -0.25) is 4.79 Å². The standard InChI is InChI=1S/C15H28N2O4/c1-4-7-10-17(15(19)21-6-3)16-11-8-13(9-12-16)14(18)20-5-2/h13H,4-12H2,1-3H3. The number of hydrogen-bond donors (Lipinski definition) is 0. The molecule has 0 atom stereocenters. The third-order valence-electron chi connectivity index (χ3n) is 3.63.